The smallest absolute Gasteiger partial charge is 0.244 e. The number of rotatable bonds is 6. The van der Waals surface area contributed by atoms with Crippen molar-refractivity contribution >= 4 is 21.8 Å². The predicted octanol–water partition coefficient (Wildman–Crippen LogP) is 1.78. The van der Waals surface area contributed by atoms with Crippen LogP contribution in [0.1, 0.15) is 30.9 Å². The molecule has 5 nitrogen and oxygen atoms in total. The van der Waals surface area contributed by atoms with Crippen molar-refractivity contribution in [2.45, 2.75) is 43.9 Å². The number of hydrogen-bond acceptors (Lipinski definition) is 5. The van der Waals surface area contributed by atoms with Gasteiger partial charge in [-0.15, -0.1) is 0 Å². The van der Waals surface area contributed by atoms with Crippen LogP contribution < -0.4 is 10.5 Å². The standard InChI is InChI=1S/C12H22N2O3S2/c1-8-10(6-13)11(9(2)17-8)19(15,16)14-7-12(3,4)18-5/h14H,6-7,13H2,1-5H3. The second-order valence-corrected chi connectivity index (χ2v) is 8.23. The lowest BCUT2D eigenvalue weighted by atomic mass is 10.2. The van der Waals surface area contributed by atoms with Gasteiger partial charge in [-0.25, -0.2) is 13.1 Å². The molecule has 0 unspecified atom stereocenters. The Hall–Kier alpha value is -0.500. The van der Waals surface area contributed by atoms with Gasteiger partial charge >= 0.3 is 0 Å². The number of hydrogen-bond donors (Lipinski definition) is 2. The largest absolute Gasteiger partial charge is 0.465 e. The zero-order chi connectivity index (χ0) is 14.8. The van der Waals surface area contributed by atoms with Crippen LogP contribution in [0.5, 0.6) is 0 Å². The second kappa shape index (κ2) is 5.87. The molecule has 0 aromatic carbocycles. The summed E-state index contributed by atoms with van der Waals surface area (Å²) >= 11 is 1.61. The highest BCUT2D eigenvalue weighted by atomic mass is 32.2. The summed E-state index contributed by atoms with van der Waals surface area (Å²) in [7, 11) is -3.59. The minimum Gasteiger partial charge on any atom is -0.465 e. The molecule has 0 radical (unpaired) electrons. The Morgan fingerprint density at radius 2 is 1.89 bits per heavy atom. The first-order valence-electron chi connectivity index (χ1n) is 5.98. The van der Waals surface area contributed by atoms with Gasteiger partial charge in [0, 0.05) is 23.4 Å². The molecule has 0 fully saturated rings. The molecule has 1 aromatic heterocycles. The number of furan rings is 1. The first-order chi connectivity index (χ1) is 8.64. The molecule has 0 saturated heterocycles. The Labute approximate surface area is 119 Å². The molecule has 0 spiro atoms. The van der Waals surface area contributed by atoms with E-state index in [1.807, 2.05) is 20.1 Å². The van der Waals surface area contributed by atoms with E-state index < -0.39 is 10.0 Å². The summed E-state index contributed by atoms with van der Waals surface area (Å²) in [5, 5.41) is 0. The van der Waals surface area contributed by atoms with Crippen LogP contribution in [-0.2, 0) is 16.6 Å². The first kappa shape index (κ1) is 16.6. The van der Waals surface area contributed by atoms with Crippen LogP contribution in [-0.4, -0.2) is 26.0 Å². The molecule has 0 aliphatic carbocycles. The summed E-state index contributed by atoms with van der Waals surface area (Å²) < 4.78 is 32.6. The quantitative estimate of drug-likeness (QED) is 0.836. The third kappa shape index (κ3) is 3.75. The molecule has 19 heavy (non-hydrogen) atoms. The fourth-order valence-corrected chi connectivity index (χ4v) is 3.69. The summed E-state index contributed by atoms with van der Waals surface area (Å²) in [6.45, 7) is 7.82. The monoisotopic (exact) mass is 306 g/mol. The molecule has 7 heteroatoms. The van der Waals surface area contributed by atoms with Gasteiger partial charge in [-0.2, -0.15) is 11.8 Å². The number of nitrogens with one attached hydrogen (secondary N) is 1. The Morgan fingerprint density at radius 1 is 1.32 bits per heavy atom. The molecular weight excluding hydrogens is 284 g/mol. The van der Waals surface area contributed by atoms with Crippen LogP contribution in [0.25, 0.3) is 0 Å². The Balaban J connectivity index is 3.08. The molecule has 1 heterocycles. The van der Waals surface area contributed by atoms with Gasteiger partial charge in [0.05, 0.1) is 0 Å². The van der Waals surface area contributed by atoms with Crippen LogP contribution in [0, 0.1) is 13.8 Å². The van der Waals surface area contributed by atoms with Gasteiger partial charge in [0.15, 0.2) is 0 Å². The number of sulfonamides is 1. The molecule has 0 bridgehead atoms. The topological polar surface area (TPSA) is 85.3 Å². The van der Waals surface area contributed by atoms with Crippen molar-refractivity contribution in [3.63, 3.8) is 0 Å². The van der Waals surface area contributed by atoms with Crippen LogP contribution in [0.2, 0.25) is 0 Å². The van der Waals surface area contributed by atoms with E-state index in [9.17, 15) is 8.42 Å². The van der Waals surface area contributed by atoms with Crippen molar-refractivity contribution in [1.82, 2.24) is 4.72 Å². The second-order valence-electron chi connectivity index (χ2n) is 5.01. The zero-order valence-electron chi connectivity index (χ0n) is 12.0. The molecule has 1 rings (SSSR count). The van der Waals surface area contributed by atoms with E-state index in [-0.39, 0.29) is 16.2 Å². The average Bonchev–Trinajstić information content (AvgIpc) is 2.62. The van der Waals surface area contributed by atoms with Crippen molar-refractivity contribution < 1.29 is 12.8 Å². The lowest BCUT2D eigenvalue weighted by molar-refractivity contribution is 0.493. The van der Waals surface area contributed by atoms with E-state index in [0.29, 0.717) is 23.6 Å². The summed E-state index contributed by atoms with van der Waals surface area (Å²) in [6.07, 6.45) is 1.95. The van der Waals surface area contributed by atoms with Crippen molar-refractivity contribution in [1.29, 1.82) is 0 Å². The molecule has 0 aliphatic heterocycles. The Kier molecular flexibility index (Phi) is 5.11. The van der Waals surface area contributed by atoms with Crippen molar-refractivity contribution in [2.75, 3.05) is 12.8 Å². The van der Waals surface area contributed by atoms with E-state index in [1.165, 1.54) is 0 Å². The molecule has 0 amide bonds. The zero-order valence-corrected chi connectivity index (χ0v) is 13.7. The van der Waals surface area contributed by atoms with Gasteiger partial charge in [-0.3, -0.25) is 0 Å². The fraction of sp³-hybridized carbons (Fsp3) is 0.667. The van der Waals surface area contributed by atoms with Gasteiger partial charge in [-0.05, 0) is 34.0 Å². The highest BCUT2D eigenvalue weighted by Gasteiger charge is 2.28. The van der Waals surface area contributed by atoms with Crippen LogP contribution in [0.4, 0.5) is 0 Å². The molecule has 0 aliphatic rings. The fourth-order valence-electron chi connectivity index (χ4n) is 1.71. The average molecular weight is 306 g/mol. The van der Waals surface area contributed by atoms with Crippen molar-refractivity contribution in [3.05, 3.63) is 17.1 Å². The molecule has 0 atom stereocenters. The molecular formula is C12H22N2O3S2. The number of nitrogens with two attached hydrogens (primary N) is 1. The van der Waals surface area contributed by atoms with Crippen LogP contribution in [0.15, 0.2) is 9.31 Å². The van der Waals surface area contributed by atoms with Gasteiger partial charge in [-0.1, -0.05) is 0 Å². The summed E-state index contributed by atoms with van der Waals surface area (Å²) in [6, 6.07) is 0. The van der Waals surface area contributed by atoms with Crippen LogP contribution in [0.3, 0.4) is 0 Å². The number of aryl methyl sites for hydroxylation is 2. The first-order valence-corrected chi connectivity index (χ1v) is 8.69. The lowest BCUT2D eigenvalue weighted by Gasteiger charge is -2.22. The number of thioether (sulfide) groups is 1. The highest BCUT2D eigenvalue weighted by Crippen LogP contribution is 2.27. The maximum atomic E-state index is 12.4. The predicted molar refractivity (Wildman–Crippen MR) is 78.9 cm³/mol. The summed E-state index contributed by atoms with van der Waals surface area (Å²) in [5.41, 5.74) is 6.16. The van der Waals surface area contributed by atoms with E-state index in [2.05, 4.69) is 4.72 Å². The van der Waals surface area contributed by atoms with Crippen molar-refractivity contribution in [2.24, 2.45) is 5.73 Å². The van der Waals surface area contributed by atoms with Gasteiger partial charge in [0.1, 0.15) is 16.4 Å². The van der Waals surface area contributed by atoms with Crippen molar-refractivity contribution in [3.8, 4) is 0 Å². The minimum absolute atomic E-state index is 0.144. The van der Waals surface area contributed by atoms with E-state index in [0.717, 1.165) is 0 Å². The molecule has 0 saturated carbocycles. The third-order valence-corrected chi connectivity index (χ3v) is 5.88. The maximum absolute atomic E-state index is 12.4. The van der Waals surface area contributed by atoms with Gasteiger partial charge in [0.2, 0.25) is 10.0 Å². The Morgan fingerprint density at radius 3 is 2.37 bits per heavy atom. The maximum Gasteiger partial charge on any atom is 0.244 e. The van der Waals surface area contributed by atoms with Gasteiger partial charge < -0.3 is 10.2 Å². The van der Waals surface area contributed by atoms with Crippen LogP contribution >= 0.6 is 11.8 Å². The lowest BCUT2D eigenvalue weighted by Crippen LogP contribution is -2.36. The third-order valence-electron chi connectivity index (χ3n) is 3.04. The Bertz CT molecular complexity index is 548. The van der Waals surface area contributed by atoms with Gasteiger partial charge in [0.25, 0.3) is 0 Å². The summed E-state index contributed by atoms with van der Waals surface area (Å²) in [4.78, 5) is 0.185. The molecule has 3 N–H and O–H groups in total. The van der Waals surface area contributed by atoms with E-state index in [1.54, 1.807) is 25.6 Å². The SMILES string of the molecule is CSC(C)(C)CNS(=O)(=O)c1c(C)oc(C)c1CN. The molecule has 110 valence electrons. The normalized spacial score (nSPS) is 12.9. The summed E-state index contributed by atoms with van der Waals surface area (Å²) in [5.74, 6) is 0.942. The van der Waals surface area contributed by atoms with E-state index >= 15 is 0 Å². The highest BCUT2D eigenvalue weighted by molar-refractivity contribution is 8.00. The molecule has 1 aromatic rings. The minimum atomic E-state index is -3.59. The van der Waals surface area contributed by atoms with E-state index in [4.69, 9.17) is 10.2 Å².